The molecule has 1 N–H and O–H groups in total. The quantitative estimate of drug-likeness (QED) is 0.853. The summed E-state index contributed by atoms with van der Waals surface area (Å²) in [5, 5.41) is 3.17. The zero-order valence-electron chi connectivity index (χ0n) is 10.3. The number of anilines is 1. The number of benzene rings is 1. The predicted octanol–water partition coefficient (Wildman–Crippen LogP) is 1.27. The van der Waals surface area contributed by atoms with Crippen LogP contribution in [0.15, 0.2) is 24.3 Å². The van der Waals surface area contributed by atoms with Crippen LogP contribution in [0.3, 0.4) is 0 Å². The third-order valence-corrected chi connectivity index (χ3v) is 3.14. The van der Waals surface area contributed by atoms with Gasteiger partial charge in [-0.15, -0.1) is 0 Å². The highest BCUT2D eigenvalue weighted by Crippen LogP contribution is 2.21. The second-order valence-electron chi connectivity index (χ2n) is 4.38. The van der Waals surface area contributed by atoms with Gasteiger partial charge in [-0.2, -0.15) is 0 Å². The average molecular weight is 234 g/mol. The van der Waals surface area contributed by atoms with Gasteiger partial charge in [-0.3, -0.25) is 4.79 Å². The van der Waals surface area contributed by atoms with Crippen molar-refractivity contribution in [1.29, 1.82) is 0 Å². The lowest BCUT2D eigenvalue weighted by atomic mass is 9.99. The van der Waals surface area contributed by atoms with Crippen LogP contribution in [0.5, 0.6) is 5.75 Å². The minimum absolute atomic E-state index is 0.157. The maximum Gasteiger partial charge on any atom is 0.227 e. The molecule has 0 radical (unpaired) electrons. The van der Waals surface area contributed by atoms with E-state index in [-0.39, 0.29) is 5.91 Å². The summed E-state index contributed by atoms with van der Waals surface area (Å²) in [5.41, 5.74) is 0.877. The Labute approximate surface area is 102 Å². The molecular weight excluding hydrogens is 216 g/mol. The van der Waals surface area contributed by atoms with Crippen LogP contribution in [0.2, 0.25) is 0 Å². The van der Waals surface area contributed by atoms with Crippen LogP contribution in [0.25, 0.3) is 0 Å². The second-order valence-corrected chi connectivity index (χ2v) is 4.38. The Morgan fingerprint density at radius 3 is 2.88 bits per heavy atom. The van der Waals surface area contributed by atoms with Gasteiger partial charge in [0.15, 0.2) is 0 Å². The van der Waals surface area contributed by atoms with Crippen molar-refractivity contribution in [2.75, 3.05) is 32.1 Å². The molecule has 1 heterocycles. The van der Waals surface area contributed by atoms with Crippen molar-refractivity contribution in [2.24, 2.45) is 5.92 Å². The fraction of sp³-hybridized carbons (Fsp3) is 0.462. The number of methoxy groups -OCH3 is 1. The van der Waals surface area contributed by atoms with Crippen molar-refractivity contribution in [3.05, 3.63) is 24.3 Å². The summed E-state index contributed by atoms with van der Waals surface area (Å²) in [5.74, 6) is 1.42. The Hall–Kier alpha value is -1.55. The molecule has 0 saturated carbocycles. The smallest absolute Gasteiger partial charge is 0.227 e. The van der Waals surface area contributed by atoms with Crippen LogP contribution in [-0.2, 0) is 4.79 Å². The molecule has 1 amide bonds. The molecule has 4 nitrogen and oxygen atoms in total. The molecule has 0 bridgehead atoms. The van der Waals surface area contributed by atoms with Crippen LogP contribution >= 0.6 is 0 Å². The molecule has 1 aromatic rings. The standard InChI is InChI=1S/C13H18N2O2/c1-15(13(16)6-10-8-14-9-10)11-4-3-5-12(7-11)17-2/h3-5,7,10,14H,6,8-9H2,1-2H3. The summed E-state index contributed by atoms with van der Waals surface area (Å²) in [6.45, 7) is 1.91. The summed E-state index contributed by atoms with van der Waals surface area (Å²) in [4.78, 5) is 13.7. The lowest BCUT2D eigenvalue weighted by Crippen LogP contribution is -2.44. The Balaban J connectivity index is 2.01. The topological polar surface area (TPSA) is 41.6 Å². The molecule has 92 valence electrons. The molecule has 2 rings (SSSR count). The third-order valence-electron chi connectivity index (χ3n) is 3.14. The molecule has 1 fully saturated rings. The minimum Gasteiger partial charge on any atom is -0.497 e. The molecule has 0 aliphatic carbocycles. The molecule has 0 aromatic heterocycles. The zero-order chi connectivity index (χ0) is 12.3. The number of carbonyl (C=O) groups is 1. The highest BCUT2D eigenvalue weighted by molar-refractivity contribution is 5.93. The maximum atomic E-state index is 12.0. The van der Waals surface area contributed by atoms with Gasteiger partial charge in [0.2, 0.25) is 5.91 Å². The maximum absolute atomic E-state index is 12.0. The van der Waals surface area contributed by atoms with Gasteiger partial charge in [0.25, 0.3) is 0 Å². The number of nitrogens with zero attached hydrogens (tertiary/aromatic N) is 1. The van der Waals surface area contributed by atoms with Crippen LogP contribution in [-0.4, -0.2) is 33.2 Å². The first-order valence-corrected chi connectivity index (χ1v) is 5.82. The van der Waals surface area contributed by atoms with E-state index in [2.05, 4.69) is 5.32 Å². The lowest BCUT2D eigenvalue weighted by Gasteiger charge is -2.28. The predicted molar refractivity (Wildman–Crippen MR) is 67.4 cm³/mol. The van der Waals surface area contributed by atoms with E-state index in [9.17, 15) is 4.79 Å². The highest BCUT2D eigenvalue weighted by atomic mass is 16.5. The number of rotatable bonds is 4. The summed E-state index contributed by atoms with van der Waals surface area (Å²) < 4.78 is 5.15. The van der Waals surface area contributed by atoms with Gasteiger partial charge >= 0.3 is 0 Å². The summed E-state index contributed by atoms with van der Waals surface area (Å²) in [6, 6.07) is 7.55. The SMILES string of the molecule is COc1cccc(N(C)C(=O)CC2CNC2)c1. The van der Waals surface area contributed by atoms with Gasteiger partial charge in [0.05, 0.1) is 7.11 Å². The van der Waals surface area contributed by atoms with Crippen molar-refractivity contribution in [3.63, 3.8) is 0 Å². The van der Waals surface area contributed by atoms with Crippen molar-refractivity contribution in [2.45, 2.75) is 6.42 Å². The minimum atomic E-state index is 0.157. The summed E-state index contributed by atoms with van der Waals surface area (Å²) >= 11 is 0. The van der Waals surface area contributed by atoms with Crippen molar-refractivity contribution >= 4 is 11.6 Å². The fourth-order valence-corrected chi connectivity index (χ4v) is 1.84. The Morgan fingerprint density at radius 1 is 1.53 bits per heavy atom. The van der Waals surface area contributed by atoms with Gasteiger partial charge in [0.1, 0.15) is 5.75 Å². The number of hydrogen-bond acceptors (Lipinski definition) is 3. The molecule has 1 aliphatic rings. The van der Waals surface area contributed by atoms with Crippen molar-refractivity contribution in [1.82, 2.24) is 5.32 Å². The highest BCUT2D eigenvalue weighted by Gasteiger charge is 2.22. The number of nitrogens with one attached hydrogen (secondary N) is 1. The molecule has 4 heteroatoms. The Bertz CT molecular complexity index is 402. The zero-order valence-corrected chi connectivity index (χ0v) is 10.3. The largest absolute Gasteiger partial charge is 0.497 e. The first-order valence-electron chi connectivity index (χ1n) is 5.82. The summed E-state index contributed by atoms with van der Waals surface area (Å²) in [7, 11) is 3.43. The first kappa shape index (κ1) is 11.9. The molecular formula is C13H18N2O2. The van der Waals surface area contributed by atoms with E-state index in [4.69, 9.17) is 4.74 Å². The van der Waals surface area contributed by atoms with Crippen LogP contribution in [0, 0.1) is 5.92 Å². The molecule has 0 atom stereocenters. The van der Waals surface area contributed by atoms with Crippen LogP contribution < -0.4 is 15.0 Å². The van der Waals surface area contributed by atoms with Crippen LogP contribution in [0.1, 0.15) is 6.42 Å². The van der Waals surface area contributed by atoms with E-state index in [0.717, 1.165) is 24.5 Å². The molecule has 1 saturated heterocycles. The second kappa shape index (κ2) is 5.19. The van der Waals surface area contributed by atoms with Gasteiger partial charge < -0.3 is 15.0 Å². The number of hydrogen-bond donors (Lipinski definition) is 1. The number of ether oxygens (including phenoxy) is 1. The first-order chi connectivity index (χ1) is 8.20. The molecule has 17 heavy (non-hydrogen) atoms. The third kappa shape index (κ3) is 2.77. The van der Waals surface area contributed by atoms with E-state index in [1.807, 2.05) is 31.3 Å². The van der Waals surface area contributed by atoms with Gasteiger partial charge in [-0.1, -0.05) is 6.07 Å². The lowest BCUT2D eigenvalue weighted by molar-refractivity contribution is -0.119. The molecule has 1 aromatic carbocycles. The summed E-state index contributed by atoms with van der Waals surface area (Å²) in [6.07, 6.45) is 0.612. The Morgan fingerprint density at radius 2 is 2.29 bits per heavy atom. The van der Waals surface area contributed by atoms with Crippen LogP contribution in [0.4, 0.5) is 5.69 Å². The van der Waals surface area contributed by atoms with E-state index in [1.165, 1.54) is 0 Å². The molecule has 0 spiro atoms. The Kier molecular flexibility index (Phi) is 3.64. The van der Waals surface area contributed by atoms with E-state index < -0.39 is 0 Å². The normalized spacial score (nSPS) is 15.2. The van der Waals surface area contributed by atoms with E-state index >= 15 is 0 Å². The molecule has 1 aliphatic heterocycles. The van der Waals surface area contributed by atoms with E-state index in [0.29, 0.717) is 12.3 Å². The fourth-order valence-electron chi connectivity index (χ4n) is 1.84. The van der Waals surface area contributed by atoms with Gasteiger partial charge in [0, 0.05) is 25.2 Å². The van der Waals surface area contributed by atoms with Crippen molar-refractivity contribution < 1.29 is 9.53 Å². The van der Waals surface area contributed by atoms with E-state index in [1.54, 1.807) is 12.0 Å². The molecule has 0 unspecified atom stereocenters. The van der Waals surface area contributed by atoms with Gasteiger partial charge in [-0.25, -0.2) is 0 Å². The van der Waals surface area contributed by atoms with Crippen molar-refractivity contribution in [3.8, 4) is 5.75 Å². The monoisotopic (exact) mass is 234 g/mol. The number of amides is 1. The van der Waals surface area contributed by atoms with Gasteiger partial charge in [-0.05, 0) is 31.1 Å². The average Bonchev–Trinajstić information content (AvgIpc) is 2.32. The number of carbonyl (C=O) groups excluding carboxylic acids is 1.